The van der Waals surface area contributed by atoms with E-state index < -0.39 is 9.84 Å². The van der Waals surface area contributed by atoms with Crippen molar-refractivity contribution in [3.63, 3.8) is 0 Å². The van der Waals surface area contributed by atoms with E-state index in [4.69, 9.17) is 16.6 Å². The summed E-state index contributed by atoms with van der Waals surface area (Å²) in [5, 5.41) is 0. The molecule has 0 radical (unpaired) electrons. The minimum atomic E-state index is -3.33. The molecule has 7 heteroatoms. The largest absolute Gasteiger partial charge is 0.467 e. The number of nitrogens with zero attached hydrogens (tertiary/aromatic N) is 1. The minimum Gasteiger partial charge on any atom is -0.467 e. The number of rotatable bonds is 3. The number of hydrogen-bond donors (Lipinski definition) is 1. The average molecular weight is 322 g/mol. The summed E-state index contributed by atoms with van der Waals surface area (Å²) >= 11 is 5.36. The third-order valence-corrected chi connectivity index (χ3v) is 4.89. The van der Waals surface area contributed by atoms with Gasteiger partial charge in [-0.2, -0.15) is 0 Å². The van der Waals surface area contributed by atoms with Gasteiger partial charge in [-0.25, -0.2) is 8.42 Å². The van der Waals surface area contributed by atoms with Crippen molar-refractivity contribution in [3.05, 3.63) is 47.1 Å². The summed E-state index contributed by atoms with van der Waals surface area (Å²) in [5.74, 6) is 0.761. The molecular formula is C14H14N2O3S2. The van der Waals surface area contributed by atoms with Gasteiger partial charge in [0.1, 0.15) is 5.76 Å². The van der Waals surface area contributed by atoms with Gasteiger partial charge in [-0.15, -0.1) is 0 Å². The SMILES string of the molecule is CC(c1ccco1)n1c(=S)[nH]c2c(S(C)(=O)=O)cccc21. The van der Waals surface area contributed by atoms with Gasteiger partial charge >= 0.3 is 0 Å². The van der Waals surface area contributed by atoms with E-state index in [2.05, 4.69) is 4.98 Å². The summed E-state index contributed by atoms with van der Waals surface area (Å²) in [6.07, 6.45) is 2.79. The fourth-order valence-corrected chi connectivity index (χ4v) is 3.68. The van der Waals surface area contributed by atoms with Crippen LogP contribution in [0.1, 0.15) is 18.7 Å². The zero-order valence-corrected chi connectivity index (χ0v) is 13.2. The summed E-state index contributed by atoms with van der Waals surface area (Å²) in [7, 11) is -3.33. The number of H-pyrrole nitrogens is 1. The number of aromatic amines is 1. The summed E-state index contributed by atoms with van der Waals surface area (Å²) in [4.78, 5) is 3.25. The second-order valence-corrected chi connectivity index (χ2v) is 7.28. The van der Waals surface area contributed by atoms with Crippen molar-refractivity contribution in [1.82, 2.24) is 9.55 Å². The molecule has 1 unspecified atom stereocenters. The van der Waals surface area contributed by atoms with Gasteiger partial charge in [0.05, 0.1) is 28.2 Å². The van der Waals surface area contributed by atoms with E-state index in [1.54, 1.807) is 18.4 Å². The van der Waals surface area contributed by atoms with Crippen molar-refractivity contribution >= 4 is 33.1 Å². The van der Waals surface area contributed by atoms with Crippen LogP contribution in [0.25, 0.3) is 11.0 Å². The maximum atomic E-state index is 11.9. The Morgan fingerprint density at radius 2 is 2.05 bits per heavy atom. The number of imidazole rings is 1. The molecule has 21 heavy (non-hydrogen) atoms. The van der Waals surface area contributed by atoms with Crippen LogP contribution >= 0.6 is 12.2 Å². The number of sulfone groups is 1. The van der Waals surface area contributed by atoms with Crippen molar-refractivity contribution in [3.8, 4) is 0 Å². The molecule has 2 aromatic heterocycles. The molecule has 0 fully saturated rings. The summed E-state index contributed by atoms with van der Waals surface area (Å²) in [5.41, 5.74) is 1.27. The number of para-hydroxylation sites is 1. The number of nitrogens with one attached hydrogen (secondary N) is 1. The molecule has 110 valence electrons. The lowest BCUT2D eigenvalue weighted by Gasteiger charge is -2.12. The normalized spacial score (nSPS) is 13.6. The van der Waals surface area contributed by atoms with E-state index in [1.165, 1.54) is 6.26 Å². The van der Waals surface area contributed by atoms with Crippen LogP contribution in [0.4, 0.5) is 0 Å². The van der Waals surface area contributed by atoms with Crippen molar-refractivity contribution in [2.24, 2.45) is 0 Å². The highest BCUT2D eigenvalue weighted by Gasteiger charge is 2.19. The van der Waals surface area contributed by atoms with Crippen molar-refractivity contribution < 1.29 is 12.8 Å². The Kier molecular flexibility index (Phi) is 3.26. The molecule has 0 bridgehead atoms. The quantitative estimate of drug-likeness (QED) is 0.751. The molecule has 1 aromatic carbocycles. The van der Waals surface area contributed by atoms with E-state index in [0.29, 0.717) is 10.3 Å². The van der Waals surface area contributed by atoms with Gasteiger partial charge in [0.15, 0.2) is 14.6 Å². The van der Waals surface area contributed by atoms with Crippen LogP contribution in [0, 0.1) is 4.77 Å². The van der Waals surface area contributed by atoms with E-state index in [9.17, 15) is 8.42 Å². The predicted octanol–water partition coefficient (Wildman–Crippen LogP) is 3.30. The van der Waals surface area contributed by atoms with Crippen LogP contribution in [-0.4, -0.2) is 24.2 Å². The van der Waals surface area contributed by atoms with E-state index >= 15 is 0 Å². The zero-order valence-electron chi connectivity index (χ0n) is 11.5. The molecule has 1 N–H and O–H groups in total. The first kappa shape index (κ1) is 14.1. The first-order valence-corrected chi connectivity index (χ1v) is 8.66. The Bertz CT molecular complexity index is 950. The minimum absolute atomic E-state index is 0.129. The Balaban J connectivity index is 2.31. The molecule has 0 aliphatic rings. The third kappa shape index (κ3) is 2.32. The lowest BCUT2D eigenvalue weighted by atomic mass is 10.2. The third-order valence-electron chi connectivity index (χ3n) is 3.46. The van der Waals surface area contributed by atoms with E-state index in [0.717, 1.165) is 11.3 Å². The Hall–Kier alpha value is -1.86. The molecule has 0 aliphatic heterocycles. The lowest BCUT2D eigenvalue weighted by molar-refractivity contribution is 0.449. The van der Waals surface area contributed by atoms with Gasteiger partial charge in [-0.1, -0.05) is 6.07 Å². The topological polar surface area (TPSA) is 68.0 Å². The van der Waals surface area contributed by atoms with Gasteiger partial charge in [0.25, 0.3) is 0 Å². The molecular weight excluding hydrogens is 308 g/mol. The maximum Gasteiger partial charge on any atom is 0.178 e. The van der Waals surface area contributed by atoms with Gasteiger partial charge in [-0.3, -0.25) is 0 Å². The second kappa shape index (κ2) is 4.85. The van der Waals surface area contributed by atoms with E-state index in [-0.39, 0.29) is 10.9 Å². The van der Waals surface area contributed by atoms with Gasteiger partial charge in [-0.05, 0) is 43.4 Å². The van der Waals surface area contributed by atoms with Crippen LogP contribution < -0.4 is 0 Å². The Morgan fingerprint density at radius 1 is 1.29 bits per heavy atom. The fourth-order valence-electron chi connectivity index (χ4n) is 2.47. The summed E-state index contributed by atoms with van der Waals surface area (Å²) in [6, 6.07) is 8.68. The number of aromatic nitrogens is 2. The van der Waals surface area contributed by atoms with Crippen molar-refractivity contribution in [1.29, 1.82) is 0 Å². The molecule has 3 rings (SSSR count). The van der Waals surface area contributed by atoms with Gasteiger partial charge < -0.3 is 14.0 Å². The monoisotopic (exact) mass is 322 g/mol. The summed E-state index contributed by atoms with van der Waals surface area (Å²) in [6.45, 7) is 1.95. The Morgan fingerprint density at radius 3 is 2.67 bits per heavy atom. The molecule has 5 nitrogen and oxygen atoms in total. The first-order valence-electron chi connectivity index (χ1n) is 6.36. The van der Waals surface area contributed by atoms with Crippen LogP contribution in [0.2, 0.25) is 0 Å². The van der Waals surface area contributed by atoms with Gasteiger partial charge in [0, 0.05) is 6.26 Å². The van der Waals surface area contributed by atoms with Crippen molar-refractivity contribution in [2.45, 2.75) is 17.9 Å². The highest BCUT2D eigenvalue weighted by Crippen LogP contribution is 2.28. The molecule has 0 saturated carbocycles. The highest BCUT2D eigenvalue weighted by molar-refractivity contribution is 7.91. The molecule has 0 amide bonds. The summed E-state index contributed by atoms with van der Waals surface area (Å²) < 4.78 is 31.5. The maximum absolute atomic E-state index is 11.9. The molecule has 3 aromatic rings. The fraction of sp³-hybridized carbons (Fsp3) is 0.214. The Labute approximate surface area is 127 Å². The smallest absolute Gasteiger partial charge is 0.178 e. The van der Waals surface area contributed by atoms with Crippen molar-refractivity contribution in [2.75, 3.05) is 6.26 Å². The number of furan rings is 1. The molecule has 0 aliphatic carbocycles. The predicted molar refractivity (Wildman–Crippen MR) is 82.8 cm³/mol. The molecule has 1 atom stereocenters. The second-order valence-electron chi connectivity index (χ2n) is 4.91. The molecule has 0 saturated heterocycles. The van der Waals surface area contributed by atoms with Crippen LogP contribution in [-0.2, 0) is 9.84 Å². The van der Waals surface area contributed by atoms with Crippen LogP contribution in [0.3, 0.4) is 0 Å². The first-order chi connectivity index (χ1) is 9.89. The molecule has 2 heterocycles. The zero-order chi connectivity index (χ0) is 15.2. The van der Waals surface area contributed by atoms with E-state index in [1.807, 2.05) is 29.7 Å². The molecule has 0 spiro atoms. The van der Waals surface area contributed by atoms with Crippen LogP contribution in [0.15, 0.2) is 45.9 Å². The average Bonchev–Trinajstić information content (AvgIpc) is 3.02. The number of fused-ring (bicyclic) bond motifs is 1. The number of hydrogen-bond acceptors (Lipinski definition) is 4. The lowest BCUT2D eigenvalue weighted by Crippen LogP contribution is -2.06. The highest BCUT2D eigenvalue weighted by atomic mass is 32.2. The standard InChI is InChI=1S/C14H14N2O3S2/c1-9(11-6-4-8-19-11)16-10-5-3-7-12(21(2,17)18)13(10)15-14(16)20/h3-9H,1-2H3,(H,15,20). The number of benzene rings is 1. The van der Waals surface area contributed by atoms with Gasteiger partial charge in [0.2, 0.25) is 0 Å². The van der Waals surface area contributed by atoms with Crippen LogP contribution in [0.5, 0.6) is 0 Å².